The molecular weight excluding hydrogens is 1180 g/mol. The Morgan fingerprint density at radius 1 is 0.429 bits per heavy atom. The second-order valence-electron chi connectivity index (χ2n) is 21.0. The van der Waals surface area contributed by atoms with Gasteiger partial charge in [-0.1, -0.05) is 48.5 Å². The summed E-state index contributed by atoms with van der Waals surface area (Å²) in [7, 11) is 2.99. The maximum Gasteiger partial charge on any atom is 0.346 e. The molecule has 0 N–H and O–H groups in total. The summed E-state index contributed by atoms with van der Waals surface area (Å²) in [6, 6.07) is 38.9. The van der Waals surface area contributed by atoms with Crippen molar-refractivity contribution in [1.29, 1.82) is 0 Å². The monoisotopic (exact) mass is 1230 g/mol. The fourth-order valence-electron chi connectivity index (χ4n) is 10.5. The Morgan fingerprint density at radius 2 is 0.868 bits per heavy atom. The molecule has 0 aliphatic heterocycles. The molecule has 0 fully saturated rings. The van der Waals surface area contributed by atoms with Gasteiger partial charge in [-0.2, -0.15) is 0 Å². The predicted molar refractivity (Wildman–Crippen MR) is 326 cm³/mol. The van der Waals surface area contributed by atoms with Crippen molar-refractivity contribution in [2.75, 3.05) is 27.4 Å². The average molecular weight is 1230 g/mol. The zero-order valence-corrected chi connectivity index (χ0v) is 48.7. The minimum Gasteiger partial charge on any atom is -0.473 e. The molecular formula is C70H52F6N8O7. The molecule has 0 aliphatic carbocycles. The molecule has 6 aromatic heterocycles. The molecule has 15 nitrogen and oxygen atoms in total. The molecule has 0 spiro atoms. The highest BCUT2D eigenvalue weighted by atomic mass is 19.1. The lowest BCUT2D eigenvalue weighted by Gasteiger charge is -2.12. The first kappa shape index (κ1) is 60.4. The predicted octanol–water partition coefficient (Wildman–Crippen LogP) is 14.1. The lowest BCUT2D eigenvalue weighted by Crippen LogP contribution is -2.14. The Bertz CT molecular complexity index is 4410. The lowest BCUT2D eigenvalue weighted by molar-refractivity contribution is 0.0397. The number of nitrogens with zero attached hydrogens (tertiary/aromatic N) is 8. The Balaban J connectivity index is 0.718. The molecule has 456 valence electrons. The smallest absolute Gasteiger partial charge is 0.346 e. The summed E-state index contributed by atoms with van der Waals surface area (Å²) < 4.78 is 126. The van der Waals surface area contributed by atoms with Gasteiger partial charge in [0, 0.05) is 110 Å². The number of ether oxygens (including phenoxy) is 5. The second-order valence-corrected chi connectivity index (χ2v) is 21.0. The van der Waals surface area contributed by atoms with Crippen LogP contribution in [0, 0.1) is 34.9 Å². The van der Waals surface area contributed by atoms with Crippen molar-refractivity contribution in [3.05, 3.63) is 262 Å². The molecule has 91 heavy (non-hydrogen) atoms. The van der Waals surface area contributed by atoms with Crippen molar-refractivity contribution in [1.82, 2.24) is 39.0 Å². The minimum absolute atomic E-state index is 0.0168. The SMILES string of the molecule is COCCn1c(Cc2cc(F)c(-c3cccc(OCc4ccc(-c5cccnc5)cc4F)n3)cc2F)nc2ccc(C(=O)OC(=O)c3ccc4nc(Cc5cc(F)c(-c6cccc(OCc7ccc(-c8cccnc8)cc7F)n6)cc5F)n(CCOC)c4c3)cc21. The lowest BCUT2D eigenvalue weighted by atomic mass is 10.0. The van der Waals surface area contributed by atoms with Gasteiger partial charge in [-0.25, -0.2) is 55.9 Å². The standard InChI is InChI=1S/C70H52F6N8O7/c1-87-25-23-83-63-31-43(17-19-61(63)79-65(83)33-49-29-57(75)51(35-55(49)73)59-9-3-11-67(81-59)89-39-47-15-13-41(27-53(47)71)45-7-5-21-77-37-45)69(85)91-70(86)44-18-20-62-64(32-44)84(24-26-88-2)66(80-62)34-50-30-58(76)52(36-56(50)74)60-10-4-12-68(82-60)90-40-48-16-14-42(28-54(48)72)46-8-6-22-78-38-46/h3-22,27-32,35-38H,23-26,33-34,39-40H2,1-2H3. The third-order valence-electron chi connectivity index (χ3n) is 15.2. The van der Waals surface area contributed by atoms with Crippen LogP contribution >= 0.6 is 0 Å². The van der Waals surface area contributed by atoms with E-state index in [1.807, 2.05) is 12.1 Å². The summed E-state index contributed by atoms with van der Waals surface area (Å²) in [5.41, 5.74) is 4.76. The quantitative estimate of drug-likeness (QED) is 0.0357. The molecule has 12 aromatic rings. The van der Waals surface area contributed by atoms with Crippen LogP contribution in [-0.2, 0) is 53.4 Å². The van der Waals surface area contributed by atoms with Crippen molar-refractivity contribution >= 4 is 34.0 Å². The van der Waals surface area contributed by atoms with Crippen molar-refractivity contribution in [3.63, 3.8) is 0 Å². The van der Waals surface area contributed by atoms with Crippen LogP contribution < -0.4 is 9.47 Å². The third-order valence-corrected chi connectivity index (χ3v) is 15.2. The van der Waals surface area contributed by atoms with Gasteiger partial charge in [0.15, 0.2) is 0 Å². The molecule has 0 saturated heterocycles. The van der Waals surface area contributed by atoms with Crippen LogP contribution in [-0.4, -0.2) is 78.4 Å². The van der Waals surface area contributed by atoms with Crippen LogP contribution in [0.3, 0.4) is 0 Å². The molecule has 0 bridgehead atoms. The molecule has 0 radical (unpaired) electrons. The molecule has 21 heteroatoms. The maximum absolute atomic E-state index is 16.1. The van der Waals surface area contributed by atoms with Gasteiger partial charge in [-0.05, 0) is 119 Å². The van der Waals surface area contributed by atoms with Crippen LogP contribution in [0.1, 0.15) is 54.6 Å². The minimum atomic E-state index is -0.995. The highest BCUT2D eigenvalue weighted by Gasteiger charge is 2.24. The average Bonchev–Trinajstić information content (AvgIpc) is 1.95. The van der Waals surface area contributed by atoms with E-state index in [2.05, 4.69) is 19.9 Å². The van der Waals surface area contributed by atoms with Gasteiger partial charge in [0.1, 0.15) is 59.8 Å². The van der Waals surface area contributed by atoms with E-state index in [1.54, 1.807) is 94.6 Å². The molecule has 12 rings (SSSR count). The van der Waals surface area contributed by atoms with Crippen molar-refractivity contribution in [2.45, 2.75) is 39.1 Å². The maximum atomic E-state index is 16.1. The summed E-state index contributed by atoms with van der Waals surface area (Å²) in [5, 5.41) is 0. The first-order chi connectivity index (χ1) is 44.3. The molecule has 0 unspecified atom stereocenters. The highest BCUT2D eigenvalue weighted by Crippen LogP contribution is 2.32. The number of rotatable bonds is 22. The van der Waals surface area contributed by atoms with Crippen LogP contribution in [0.2, 0.25) is 0 Å². The van der Waals surface area contributed by atoms with E-state index in [4.69, 9.17) is 33.7 Å². The third kappa shape index (κ3) is 13.4. The topological polar surface area (TPSA) is 167 Å². The van der Waals surface area contributed by atoms with Crippen LogP contribution in [0.25, 0.3) is 66.8 Å². The molecule has 0 atom stereocenters. The van der Waals surface area contributed by atoms with Gasteiger partial charge in [-0.3, -0.25) is 9.97 Å². The van der Waals surface area contributed by atoms with Gasteiger partial charge >= 0.3 is 11.9 Å². The van der Waals surface area contributed by atoms with Crippen LogP contribution in [0.5, 0.6) is 11.8 Å². The number of esters is 2. The van der Waals surface area contributed by atoms with Crippen LogP contribution in [0.15, 0.2) is 183 Å². The van der Waals surface area contributed by atoms with Crippen molar-refractivity contribution in [2.24, 2.45) is 0 Å². The van der Waals surface area contributed by atoms with E-state index >= 15 is 26.3 Å². The van der Waals surface area contributed by atoms with E-state index in [0.717, 1.165) is 35.4 Å². The van der Waals surface area contributed by atoms with E-state index in [1.165, 1.54) is 74.9 Å². The Labute approximate surface area is 516 Å². The number of halogens is 6. The summed E-state index contributed by atoms with van der Waals surface area (Å²) in [6.45, 7) is 0.400. The van der Waals surface area contributed by atoms with Gasteiger partial charge in [0.05, 0.1) is 57.8 Å². The van der Waals surface area contributed by atoms with Gasteiger partial charge in [-0.15, -0.1) is 0 Å². The first-order valence-electron chi connectivity index (χ1n) is 28.5. The number of aromatic nitrogens is 8. The number of pyridine rings is 4. The van der Waals surface area contributed by atoms with E-state index in [9.17, 15) is 9.59 Å². The largest absolute Gasteiger partial charge is 0.473 e. The van der Waals surface area contributed by atoms with E-state index in [0.29, 0.717) is 44.8 Å². The number of imidazole rings is 2. The number of carbonyl (C=O) groups excluding carboxylic acids is 2. The zero-order chi connectivity index (χ0) is 63.1. The normalized spacial score (nSPS) is 11.4. The van der Waals surface area contributed by atoms with Gasteiger partial charge < -0.3 is 32.8 Å². The Hall–Kier alpha value is -10.9. The number of fused-ring (bicyclic) bond motifs is 2. The fourth-order valence-corrected chi connectivity index (χ4v) is 10.5. The number of hydrogen-bond donors (Lipinski definition) is 0. The molecule has 6 aromatic carbocycles. The summed E-state index contributed by atoms with van der Waals surface area (Å²) in [4.78, 5) is 53.9. The van der Waals surface area contributed by atoms with Gasteiger partial charge in [0.2, 0.25) is 11.8 Å². The van der Waals surface area contributed by atoms with E-state index < -0.39 is 46.8 Å². The van der Waals surface area contributed by atoms with E-state index in [-0.39, 0.29) is 120 Å². The Morgan fingerprint density at radius 3 is 1.27 bits per heavy atom. The van der Waals surface area contributed by atoms with Gasteiger partial charge in [0.25, 0.3) is 0 Å². The molecule has 0 saturated carbocycles. The number of benzene rings is 6. The fraction of sp³-hybridized carbons (Fsp3) is 0.143. The number of methoxy groups -OCH3 is 2. The summed E-state index contributed by atoms with van der Waals surface area (Å²) in [6.07, 6.45) is 6.16. The first-order valence-corrected chi connectivity index (χ1v) is 28.5. The molecule has 0 amide bonds. The second kappa shape index (κ2) is 26.8. The zero-order valence-electron chi connectivity index (χ0n) is 48.7. The summed E-state index contributed by atoms with van der Waals surface area (Å²) >= 11 is 0. The summed E-state index contributed by atoms with van der Waals surface area (Å²) in [5.74, 6) is -5.27. The van der Waals surface area contributed by atoms with Crippen LogP contribution in [0.4, 0.5) is 26.3 Å². The van der Waals surface area contributed by atoms with Crippen molar-refractivity contribution in [3.8, 4) is 56.5 Å². The Kier molecular flexibility index (Phi) is 17.8. The number of carbonyl (C=O) groups is 2. The number of hydrogen-bond acceptors (Lipinski definition) is 13. The molecule has 0 aliphatic rings. The van der Waals surface area contributed by atoms with Crippen molar-refractivity contribution < 1.29 is 59.6 Å². The highest BCUT2D eigenvalue weighted by molar-refractivity contribution is 6.05. The molecule has 6 heterocycles.